The summed E-state index contributed by atoms with van der Waals surface area (Å²) in [6.45, 7) is 4.76. The number of urea groups is 1. The van der Waals surface area contributed by atoms with E-state index in [1.54, 1.807) is 24.3 Å². The molecule has 0 aromatic heterocycles. The van der Waals surface area contributed by atoms with Crippen LogP contribution in [0.15, 0.2) is 29.4 Å². The molecule has 1 heterocycles. The fourth-order valence-corrected chi connectivity index (χ4v) is 2.33. The molecular weight excluding hydrogens is 336 g/mol. The number of rotatable bonds is 7. The zero-order chi connectivity index (χ0) is 18.9. The summed E-state index contributed by atoms with van der Waals surface area (Å²) in [5, 5.41) is 10.9. The van der Waals surface area contributed by atoms with Crippen LogP contribution in [0.4, 0.5) is 10.5 Å². The zero-order valence-electron chi connectivity index (χ0n) is 15.1. The summed E-state index contributed by atoms with van der Waals surface area (Å²) in [6.07, 6.45) is 2.69. The van der Waals surface area contributed by atoms with Crippen LogP contribution in [0.3, 0.4) is 0 Å². The first-order valence-electron chi connectivity index (χ1n) is 8.66. The quantitative estimate of drug-likeness (QED) is 0.573. The Kier molecular flexibility index (Phi) is 7.13. The van der Waals surface area contributed by atoms with E-state index in [0.717, 1.165) is 37.2 Å². The molecule has 2 rings (SSSR count). The molecule has 26 heavy (non-hydrogen) atoms. The minimum absolute atomic E-state index is 0.328. The van der Waals surface area contributed by atoms with Crippen LogP contribution in [0.1, 0.15) is 43.5 Å². The Balaban J connectivity index is 1.77. The van der Waals surface area contributed by atoms with Crippen LogP contribution in [0.5, 0.6) is 0 Å². The predicted molar refractivity (Wildman–Crippen MR) is 98.2 cm³/mol. The lowest BCUT2D eigenvalue weighted by Crippen LogP contribution is -2.41. The van der Waals surface area contributed by atoms with Gasteiger partial charge in [0.2, 0.25) is 0 Å². The van der Waals surface area contributed by atoms with Gasteiger partial charge in [-0.05, 0) is 37.6 Å². The second kappa shape index (κ2) is 9.55. The Labute approximate surface area is 152 Å². The summed E-state index contributed by atoms with van der Waals surface area (Å²) >= 11 is 0. The molecular formula is C18H24N4O4. The topological polar surface area (TPSA) is 100 Å². The highest BCUT2D eigenvalue weighted by Gasteiger charge is 2.15. The Morgan fingerprint density at radius 3 is 2.58 bits per heavy atom. The molecule has 0 spiro atoms. The molecule has 2 N–H and O–H groups in total. The van der Waals surface area contributed by atoms with Crippen LogP contribution < -0.4 is 15.6 Å². The average Bonchev–Trinajstić information content (AvgIpc) is 3.06. The summed E-state index contributed by atoms with van der Waals surface area (Å²) in [6, 6.07) is 6.21. The van der Waals surface area contributed by atoms with Crippen LogP contribution in [0.25, 0.3) is 0 Å². The minimum atomic E-state index is -0.675. The summed E-state index contributed by atoms with van der Waals surface area (Å²) in [7, 11) is 0. The molecule has 8 heteroatoms. The van der Waals surface area contributed by atoms with Gasteiger partial charge in [-0.1, -0.05) is 13.3 Å². The van der Waals surface area contributed by atoms with Crippen molar-refractivity contribution in [2.75, 3.05) is 24.7 Å². The number of carbonyl (C=O) groups excluding carboxylic acids is 3. The molecule has 1 aromatic rings. The number of benzene rings is 1. The molecule has 1 aliphatic heterocycles. The third-order valence-corrected chi connectivity index (χ3v) is 3.78. The summed E-state index contributed by atoms with van der Waals surface area (Å²) < 4.78 is 4.93. The van der Waals surface area contributed by atoms with Crippen molar-refractivity contribution in [3.63, 3.8) is 0 Å². The lowest BCUT2D eigenvalue weighted by atomic mass is 10.2. The molecule has 1 aliphatic rings. The Morgan fingerprint density at radius 2 is 1.96 bits per heavy atom. The van der Waals surface area contributed by atoms with Crippen LogP contribution in [0, 0.1) is 0 Å². The number of unbranched alkanes of at least 4 members (excludes halogenated alkanes) is 1. The van der Waals surface area contributed by atoms with Gasteiger partial charge in [-0.25, -0.2) is 9.59 Å². The summed E-state index contributed by atoms with van der Waals surface area (Å²) in [5.41, 5.74) is 2.28. The number of nitrogens with one attached hydrogen (secondary N) is 2. The number of esters is 1. The second-order valence-corrected chi connectivity index (χ2v) is 5.99. The molecule has 140 valence electrons. The molecule has 0 fully saturated rings. The van der Waals surface area contributed by atoms with Crippen molar-refractivity contribution < 1.29 is 19.1 Å². The SMILES string of the molecule is CCCCNC(=O)NC(=O)COC(=O)c1ccc(N2CCC(C)=N2)cc1. The Hall–Kier alpha value is -2.90. The maximum absolute atomic E-state index is 12.0. The highest BCUT2D eigenvalue weighted by atomic mass is 16.5. The van der Waals surface area contributed by atoms with E-state index < -0.39 is 24.5 Å². The van der Waals surface area contributed by atoms with Crippen molar-refractivity contribution in [3.05, 3.63) is 29.8 Å². The minimum Gasteiger partial charge on any atom is -0.452 e. The molecule has 1 aromatic carbocycles. The standard InChI is InChI=1S/C18H24N4O4/c1-3-4-10-19-18(25)20-16(23)12-26-17(24)14-5-7-15(8-6-14)22-11-9-13(2)21-22/h5-8H,3-4,9-12H2,1-2H3,(H2,19,20,23,25). The fraction of sp³-hybridized carbons (Fsp3) is 0.444. The van der Waals surface area contributed by atoms with E-state index in [-0.39, 0.29) is 0 Å². The van der Waals surface area contributed by atoms with E-state index in [9.17, 15) is 14.4 Å². The number of carbonyl (C=O) groups is 3. The molecule has 3 amide bonds. The molecule has 0 radical (unpaired) electrons. The highest BCUT2D eigenvalue weighted by Crippen LogP contribution is 2.20. The first kappa shape index (κ1) is 19.4. The van der Waals surface area contributed by atoms with Crippen LogP contribution in [-0.4, -0.2) is 43.3 Å². The van der Waals surface area contributed by atoms with Gasteiger partial charge in [-0.2, -0.15) is 5.10 Å². The Morgan fingerprint density at radius 1 is 1.23 bits per heavy atom. The number of ether oxygens (including phenoxy) is 1. The number of hydrogen-bond acceptors (Lipinski definition) is 6. The number of nitrogens with zero attached hydrogens (tertiary/aromatic N) is 2. The van der Waals surface area contributed by atoms with Gasteiger partial charge < -0.3 is 10.1 Å². The van der Waals surface area contributed by atoms with E-state index in [1.807, 2.05) is 18.9 Å². The van der Waals surface area contributed by atoms with E-state index in [0.29, 0.717) is 12.1 Å². The highest BCUT2D eigenvalue weighted by molar-refractivity contribution is 5.97. The largest absolute Gasteiger partial charge is 0.452 e. The fourth-order valence-electron chi connectivity index (χ4n) is 2.33. The van der Waals surface area contributed by atoms with E-state index in [1.165, 1.54) is 0 Å². The number of anilines is 1. The molecule has 8 nitrogen and oxygen atoms in total. The molecule has 0 atom stereocenters. The van der Waals surface area contributed by atoms with Gasteiger partial charge in [0.25, 0.3) is 5.91 Å². The van der Waals surface area contributed by atoms with E-state index in [2.05, 4.69) is 15.7 Å². The first-order chi connectivity index (χ1) is 12.5. The summed E-state index contributed by atoms with van der Waals surface area (Å²) in [5.74, 6) is -1.30. The molecule has 0 saturated carbocycles. The van der Waals surface area contributed by atoms with Gasteiger partial charge in [0.15, 0.2) is 6.61 Å². The first-order valence-corrected chi connectivity index (χ1v) is 8.66. The van der Waals surface area contributed by atoms with Crippen molar-refractivity contribution in [1.29, 1.82) is 0 Å². The maximum Gasteiger partial charge on any atom is 0.338 e. The van der Waals surface area contributed by atoms with Gasteiger partial charge in [-0.3, -0.25) is 15.1 Å². The third-order valence-electron chi connectivity index (χ3n) is 3.78. The van der Waals surface area contributed by atoms with Crippen molar-refractivity contribution in [2.24, 2.45) is 5.10 Å². The van der Waals surface area contributed by atoms with Gasteiger partial charge in [0.1, 0.15) is 0 Å². The predicted octanol–water partition coefficient (Wildman–Crippen LogP) is 2.06. The van der Waals surface area contributed by atoms with Gasteiger partial charge in [-0.15, -0.1) is 0 Å². The molecule has 0 unspecified atom stereocenters. The van der Waals surface area contributed by atoms with Gasteiger partial charge in [0.05, 0.1) is 11.3 Å². The normalized spacial score (nSPS) is 13.2. The van der Waals surface area contributed by atoms with Crippen molar-refractivity contribution in [2.45, 2.75) is 33.1 Å². The zero-order valence-corrected chi connectivity index (χ0v) is 15.1. The van der Waals surface area contributed by atoms with E-state index in [4.69, 9.17) is 4.74 Å². The second-order valence-electron chi connectivity index (χ2n) is 5.99. The van der Waals surface area contributed by atoms with Crippen LogP contribution in [-0.2, 0) is 9.53 Å². The van der Waals surface area contributed by atoms with Crippen LogP contribution >= 0.6 is 0 Å². The molecule has 0 bridgehead atoms. The van der Waals surface area contributed by atoms with Crippen LogP contribution in [0.2, 0.25) is 0 Å². The molecule has 0 saturated heterocycles. The number of imide groups is 1. The lowest BCUT2D eigenvalue weighted by molar-refractivity contribution is -0.123. The van der Waals surface area contributed by atoms with Gasteiger partial charge in [0, 0.05) is 25.2 Å². The number of amides is 3. The smallest absolute Gasteiger partial charge is 0.338 e. The third kappa shape index (κ3) is 5.87. The number of hydrazone groups is 1. The van der Waals surface area contributed by atoms with Crippen molar-refractivity contribution >= 4 is 29.3 Å². The monoisotopic (exact) mass is 360 g/mol. The lowest BCUT2D eigenvalue weighted by Gasteiger charge is -2.13. The van der Waals surface area contributed by atoms with E-state index >= 15 is 0 Å². The Bertz CT molecular complexity index is 685. The number of hydrogen-bond donors (Lipinski definition) is 2. The van der Waals surface area contributed by atoms with Crippen molar-refractivity contribution in [1.82, 2.24) is 10.6 Å². The van der Waals surface area contributed by atoms with Gasteiger partial charge >= 0.3 is 12.0 Å². The average molecular weight is 360 g/mol. The maximum atomic E-state index is 12.0. The van der Waals surface area contributed by atoms with Crippen molar-refractivity contribution in [3.8, 4) is 0 Å². The molecule has 0 aliphatic carbocycles. The summed E-state index contributed by atoms with van der Waals surface area (Å²) in [4.78, 5) is 35.0.